The van der Waals surface area contributed by atoms with Crippen LogP contribution < -0.4 is 16.4 Å². The Bertz CT molecular complexity index is 892. The molecule has 146 valence electrons. The van der Waals surface area contributed by atoms with Gasteiger partial charge in [0.1, 0.15) is 0 Å². The maximum atomic E-state index is 12.3. The van der Waals surface area contributed by atoms with Gasteiger partial charge in [0, 0.05) is 24.1 Å². The Morgan fingerprint density at radius 3 is 2.54 bits per heavy atom. The molecule has 0 radical (unpaired) electrons. The lowest BCUT2D eigenvalue weighted by Gasteiger charge is -2.07. The Kier molecular flexibility index (Phi) is 6.42. The van der Waals surface area contributed by atoms with Crippen LogP contribution in [0.25, 0.3) is 0 Å². The van der Waals surface area contributed by atoms with E-state index in [0.29, 0.717) is 36.2 Å². The highest BCUT2D eigenvalue weighted by Gasteiger charge is 2.18. The number of rotatable bonds is 9. The van der Waals surface area contributed by atoms with Gasteiger partial charge in [-0.05, 0) is 36.6 Å². The van der Waals surface area contributed by atoms with E-state index in [1.54, 1.807) is 24.3 Å². The summed E-state index contributed by atoms with van der Waals surface area (Å²) in [6, 6.07) is 12.6. The molecule has 1 aliphatic heterocycles. The van der Waals surface area contributed by atoms with E-state index in [4.69, 9.17) is 5.73 Å². The summed E-state index contributed by atoms with van der Waals surface area (Å²) in [6.45, 7) is 0. The zero-order valence-electron chi connectivity index (χ0n) is 15.8. The molecule has 0 saturated heterocycles. The SMILES string of the molecule is Nc1ccccc1NC(=O)CCCCCCC(=O)c1ccc2c(c1)NC(=O)C2. The van der Waals surface area contributed by atoms with Gasteiger partial charge in [-0.15, -0.1) is 0 Å². The first-order chi connectivity index (χ1) is 13.5. The molecule has 0 atom stereocenters. The van der Waals surface area contributed by atoms with Gasteiger partial charge in [0.25, 0.3) is 0 Å². The van der Waals surface area contributed by atoms with E-state index in [1.165, 1.54) is 0 Å². The third-order valence-electron chi connectivity index (χ3n) is 4.85. The summed E-state index contributed by atoms with van der Waals surface area (Å²) in [7, 11) is 0. The second-order valence-corrected chi connectivity index (χ2v) is 7.07. The van der Waals surface area contributed by atoms with Crippen LogP contribution in [0.1, 0.15) is 54.4 Å². The number of amides is 2. The van der Waals surface area contributed by atoms with Crippen molar-refractivity contribution < 1.29 is 14.4 Å². The van der Waals surface area contributed by atoms with Crippen LogP contribution in [-0.2, 0) is 16.0 Å². The summed E-state index contributed by atoms with van der Waals surface area (Å²) < 4.78 is 0. The lowest BCUT2D eigenvalue weighted by molar-refractivity contribution is -0.116. The molecule has 2 aromatic carbocycles. The number of anilines is 3. The van der Waals surface area contributed by atoms with Crippen molar-refractivity contribution in [1.29, 1.82) is 0 Å². The molecule has 0 unspecified atom stereocenters. The normalized spacial score (nSPS) is 12.4. The van der Waals surface area contributed by atoms with Crippen LogP contribution >= 0.6 is 0 Å². The molecule has 2 aromatic rings. The van der Waals surface area contributed by atoms with Gasteiger partial charge in [-0.25, -0.2) is 0 Å². The van der Waals surface area contributed by atoms with Gasteiger partial charge >= 0.3 is 0 Å². The summed E-state index contributed by atoms with van der Waals surface area (Å²) >= 11 is 0. The van der Waals surface area contributed by atoms with Crippen LogP contribution in [0.15, 0.2) is 42.5 Å². The zero-order valence-corrected chi connectivity index (χ0v) is 15.8. The molecule has 2 amide bonds. The van der Waals surface area contributed by atoms with Crippen molar-refractivity contribution in [2.45, 2.75) is 44.9 Å². The second-order valence-electron chi connectivity index (χ2n) is 7.07. The van der Waals surface area contributed by atoms with Gasteiger partial charge in [0.2, 0.25) is 11.8 Å². The Morgan fingerprint density at radius 2 is 1.75 bits per heavy atom. The number of nitrogens with one attached hydrogen (secondary N) is 2. The summed E-state index contributed by atoms with van der Waals surface area (Å²) in [6.07, 6.45) is 4.65. The lowest BCUT2D eigenvalue weighted by atomic mass is 10.0. The van der Waals surface area contributed by atoms with Crippen molar-refractivity contribution >= 4 is 34.7 Å². The number of hydrogen-bond acceptors (Lipinski definition) is 4. The lowest BCUT2D eigenvalue weighted by Crippen LogP contribution is -2.12. The predicted molar refractivity (Wildman–Crippen MR) is 110 cm³/mol. The summed E-state index contributed by atoms with van der Waals surface area (Å²) in [4.78, 5) is 35.7. The molecule has 0 aromatic heterocycles. The Hall–Kier alpha value is -3.15. The molecule has 0 saturated carbocycles. The van der Waals surface area contributed by atoms with Crippen LogP contribution in [0.3, 0.4) is 0 Å². The monoisotopic (exact) mass is 379 g/mol. The highest BCUT2D eigenvalue weighted by Crippen LogP contribution is 2.25. The van der Waals surface area contributed by atoms with E-state index in [-0.39, 0.29) is 17.6 Å². The molecule has 0 aliphatic carbocycles. The van der Waals surface area contributed by atoms with E-state index in [2.05, 4.69) is 10.6 Å². The van der Waals surface area contributed by atoms with Gasteiger partial charge in [-0.1, -0.05) is 37.1 Å². The largest absolute Gasteiger partial charge is 0.397 e. The number of unbranched alkanes of at least 4 members (excludes halogenated alkanes) is 3. The third-order valence-corrected chi connectivity index (χ3v) is 4.85. The predicted octanol–water partition coefficient (Wildman–Crippen LogP) is 3.93. The van der Waals surface area contributed by atoms with Gasteiger partial charge in [0.15, 0.2) is 5.78 Å². The van der Waals surface area contributed by atoms with Crippen LogP contribution in [0.2, 0.25) is 0 Å². The first kappa shape index (κ1) is 19.6. The van der Waals surface area contributed by atoms with E-state index in [9.17, 15) is 14.4 Å². The molecule has 1 aliphatic rings. The quantitative estimate of drug-likeness (QED) is 0.349. The van der Waals surface area contributed by atoms with Crippen molar-refractivity contribution in [3.63, 3.8) is 0 Å². The molecule has 0 spiro atoms. The van der Waals surface area contributed by atoms with Crippen LogP contribution in [0, 0.1) is 0 Å². The smallest absolute Gasteiger partial charge is 0.228 e. The third kappa shape index (κ3) is 5.19. The number of ketones is 1. The van der Waals surface area contributed by atoms with Crippen molar-refractivity contribution in [3.8, 4) is 0 Å². The van der Waals surface area contributed by atoms with Crippen molar-refractivity contribution in [1.82, 2.24) is 0 Å². The van der Waals surface area contributed by atoms with Crippen LogP contribution in [0.5, 0.6) is 0 Å². The number of nitrogens with two attached hydrogens (primary N) is 1. The number of para-hydroxylation sites is 2. The molecule has 0 bridgehead atoms. The summed E-state index contributed by atoms with van der Waals surface area (Å²) in [5.74, 6) is 0.00833. The summed E-state index contributed by atoms with van der Waals surface area (Å²) in [5.41, 5.74) is 9.34. The molecule has 4 N–H and O–H groups in total. The zero-order chi connectivity index (χ0) is 19.9. The standard InChI is InChI=1S/C22H25N3O3/c23-17-7-5-6-8-18(17)24-21(27)10-4-2-1-3-9-20(26)16-12-11-15-14-22(28)25-19(15)13-16/h5-8,11-13H,1-4,9-10,14,23H2,(H,24,27)(H,25,28). The van der Waals surface area contributed by atoms with Crippen LogP contribution in [-0.4, -0.2) is 17.6 Å². The van der Waals surface area contributed by atoms with E-state index in [0.717, 1.165) is 36.9 Å². The number of nitrogen functional groups attached to an aromatic ring is 1. The van der Waals surface area contributed by atoms with Gasteiger partial charge in [0.05, 0.1) is 17.8 Å². The highest BCUT2D eigenvalue weighted by molar-refractivity contribution is 6.02. The number of fused-ring (bicyclic) bond motifs is 1. The van der Waals surface area contributed by atoms with Crippen molar-refractivity contribution in [3.05, 3.63) is 53.6 Å². The highest BCUT2D eigenvalue weighted by atomic mass is 16.2. The molecule has 6 heteroatoms. The molecule has 28 heavy (non-hydrogen) atoms. The fraction of sp³-hybridized carbons (Fsp3) is 0.318. The first-order valence-electron chi connectivity index (χ1n) is 9.63. The number of hydrogen-bond donors (Lipinski definition) is 3. The topological polar surface area (TPSA) is 101 Å². The molecule has 0 fully saturated rings. The van der Waals surface area contributed by atoms with E-state index >= 15 is 0 Å². The molecule has 1 heterocycles. The minimum atomic E-state index is -0.0471. The average molecular weight is 379 g/mol. The molecular weight excluding hydrogens is 354 g/mol. The fourth-order valence-electron chi connectivity index (χ4n) is 3.28. The first-order valence-corrected chi connectivity index (χ1v) is 9.63. The molecular formula is C22H25N3O3. The minimum absolute atomic E-state index is 0.0291. The molecule has 3 rings (SSSR count). The van der Waals surface area contributed by atoms with E-state index < -0.39 is 0 Å². The van der Waals surface area contributed by atoms with Crippen molar-refractivity contribution in [2.24, 2.45) is 0 Å². The van der Waals surface area contributed by atoms with Crippen molar-refractivity contribution in [2.75, 3.05) is 16.4 Å². The fourth-order valence-corrected chi connectivity index (χ4v) is 3.28. The van der Waals surface area contributed by atoms with E-state index in [1.807, 2.05) is 18.2 Å². The molecule has 6 nitrogen and oxygen atoms in total. The number of carbonyl (C=O) groups excluding carboxylic acids is 3. The second kappa shape index (κ2) is 9.17. The Morgan fingerprint density at radius 1 is 1.00 bits per heavy atom. The Labute approximate surface area is 164 Å². The number of benzene rings is 2. The van der Waals surface area contributed by atoms with Gasteiger partial charge < -0.3 is 16.4 Å². The average Bonchev–Trinajstić information content (AvgIpc) is 3.05. The number of carbonyl (C=O) groups is 3. The minimum Gasteiger partial charge on any atom is -0.397 e. The van der Waals surface area contributed by atoms with Gasteiger partial charge in [-0.2, -0.15) is 0 Å². The van der Waals surface area contributed by atoms with Crippen LogP contribution in [0.4, 0.5) is 17.1 Å². The maximum Gasteiger partial charge on any atom is 0.228 e. The maximum absolute atomic E-state index is 12.3. The summed E-state index contributed by atoms with van der Waals surface area (Å²) in [5, 5.41) is 5.59. The Balaban J connectivity index is 1.32. The number of Topliss-reactive ketones (excluding diaryl/α,β-unsaturated/α-hetero) is 1. The van der Waals surface area contributed by atoms with Gasteiger partial charge in [-0.3, -0.25) is 14.4 Å².